The number of pyridine rings is 1. The number of amides is 1. The molecule has 2 N–H and O–H groups in total. The van der Waals surface area contributed by atoms with Crippen LogP contribution in [0.2, 0.25) is 0 Å². The fraction of sp³-hybridized carbons (Fsp3) is 0.367. The smallest absolute Gasteiger partial charge is 0.270 e. The average molecular weight is 608 g/mol. The molecule has 0 saturated carbocycles. The average Bonchev–Trinajstić information content (AvgIpc) is 3.26. The van der Waals surface area contributed by atoms with E-state index in [0.717, 1.165) is 52.8 Å². The summed E-state index contributed by atoms with van der Waals surface area (Å²) in [4.78, 5) is 24.2. The lowest BCUT2D eigenvalue weighted by molar-refractivity contribution is 0.0945. The molecule has 0 radical (unpaired) electrons. The Morgan fingerprint density at radius 2 is 1.90 bits per heavy atom. The van der Waals surface area contributed by atoms with Crippen molar-refractivity contribution in [3.63, 3.8) is 0 Å². The molecule has 10 heteroatoms. The number of fused-ring (bicyclic) bond motifs is 1. The Hall–Kier alpha value is -3.63. The quantitative estimate of drug-likeness (QED) is 0.208. The number of benzene rings is 2. The van der Waals surface area contributed by atoms with Gasteiger partial charge in [-0.1, -0.05) is 22.4 Å². The van der Waals surface area contributed by atoms with Crippen molar-refractivity contribution in [1.82, 2.24) is 24.8 Å². The lowest BCUT2D eigenvalue weighted by atomic mass is 10.1. The first-order valence-corrected chi connectivity index (χ1v) is 14.4. The number of nitrogens with one attached hydrogen (secondary N) is 2. The molecule has 0 spiro atoms. The van der Waals surface area contributed by atoms with Crippen LogP contribution in [0, 0.1) is 6.92 Å². The van der Waals surface area contributed by atoms with Crippen LogP contribution < -0.4 is 20.1 Å². The summed E-state index contributed by atoms with van der Waals surface area (Å²) < 4.78 is 14.8. The number of methoxy groups -OCH3 is 1. The molecule has 0 atom stereocenters. The molecule has 4 aromatic rings. The summed E-state index contributed by atoms with van der Waals surface area (Å²) in [6.45, 7) is 5.98. The fourth-order valence-corrected chi connectivity index (χ4v) is 5.15. The highest BCUT2D eigenvalue weighted by molar-refractivity contribution is 9.10. The number of rotatable bonds is 10. The van der Waals surface area contributed by atoms with Gasteiger partial charge in [0, 0.05) is 48.1 Å². The summed E-state index contributed by atoms with van der Waals surface area (Å²) >= 11 is 3.54. The third-order valence-corrected chi connectivity index (χ3v) is 8.05. The van der Waals surface area contributed by atoms with Crippen molar-refractivity contribution >= 4 is 44.5 Å². The Morgan fingerprint density at radius 3 is 2.67 bits per heavy atom. The third-order valence-electron chi connectivity index (χ3n) is 7.16. The number of carbonyl (C=O) groups is 1. The van der Waals surface area contributed by atoms with Crippen molar-refractivity contribution in [3.8, 4) is 17.2 Å². The number of likely N-dealkylation sites (tertiary alicyclic amines) is 1. The van der Waals surface area contributed by atoms with Crippen molar-refractivity contribution in [1.29, 1.82) is 0 Å². The van der Waals surface area contributed by atoms with Gasteiger partial charge in [-0.15, -0.1) is 0 Å². The highest BCUT2D eigenvalue weighted by Crippen LogP contribution is 2.36. The summed E-state index contributed by atoms with van der Waals surface area (Å²) in [6.07, 6.45) is 6.35. The van der Waals surface area contributed by atoms with Gasteiger partial charge in [-0.3, -0.25) is 9.78 Å². The number of anilines is 2. The van der Waals surface area contributed by atoms with Gasteiger partial charge < -0.3 is 29.6 Å². The molecule has 0 unspecified atom stereocenters. The van der Waals surface area contributed by atoms with Crippen LogP contribution in [0.1, 0.15) is 41.7 Å². The molecule has 40 heavy (non-hydrogen) atoms. The highest BCUT2D eigenvalue weighted by atomic mass is 79.9. The van der Waals surface area contributed by atoms with Gasteiger partial charge in [-0.25, -0.2) is 4.98 Å². The summed E-state index contributed by atoms with van der Waals surface area (Å²) in [7, 11) is 3.55. The van der Waals surface area contributed by atoms with Crippen molar-refractivity contribution in [2.45, 2.75) is 32.6 Å². The molecule has 1 saturated heterocycles. The lowest BCUT2D eigenvalue weighted by Gasteiger charge is -2.26. The van der Waals surface area contributed by atoms with Crippen LogP contribution in [0.25, 0.3) is 11.0 Å². The largest absolute Gasteiger partial charge is 0.493 e. The number of ether oxygens (including phenoxy) is 2. The van der Waals surface area contributed by atoms with Crippen LogP contribution >= 0.6 is 15.9 Å². The lowest BCUT2D eigenvalue weighted by Crippen LogP contribution is -2.33. The second-order valence-electron chi connectivity index (χ2n) is 10.1. The summed E-state index contributed by atoms with van der Waals surface area (Å²) in [5.41, 5.74) is 4.01. The predicted molar refractivity (Wildman–Crippen MR) is 161 cm³/mol. The minimum absolute atomic E-state index is 0.213. The number of hydrogen-bond donors (Lipinski definition) is 2. The standard InChI is InChI=1S/C30H35BrN6O3/c1-20-16-21(8-9-23(20)31)34-30-35-24-18-28(27(39-3)19-26(24)36(30)2)40-22-10-12-32-25(17-22)29(38)33-11-7-15-37-13-5-4-6-14-37/h8-10,12,16-19H,4-7,11,13-15H2,1-3H3,(H,33,38)(H,34,35). The number of aromatic nitrogens is 3. The monoisotopic (exact) mass is 606 g/mol. The van der Waals surface area contributed by atoms with Gasteiger partial charge in [0.2, 0.25) is 5.95 Å². The number of imidazole rings is 1. The number of hydrogen-bond acceptors (Lipinski definition) is 7. The third kappa shape index (κ3) is 6.56. The minimum Gasteiger partial charge on any atom is -0.493 e. The Bertz CT molecular complexity index is 1500. The van der Waals surface area contributed by atoms with Crippen LogP contribution in [0.3, 0.4) is 0 Å². The van der Waals surface area contributed by atoms with E-state index in [1.807, 2.05) is 42.8 Å². The molecule has 9 nitrogen and oxygen atoms in total. The Labute approximate surface area is 243 Å². The number of nitrogens with zero attached hydrogens (tertiary/aromatic N) is 4. The van der Waals surface area contributed by atoms with E-state index in [1.165, 1.54) is 19.3 Å². The zero-order chi connectivity index (χ0) is 28.1. The first kappa shape index (κ1) is 27.9. The van der Waals surface area contributed by atoms with Crippen LogP contribution in [0.5, 0.6) is 17.2 Å². The SMILES string of the molecule is COc1cc2c(cc1Oc1ccnc(C(=O)NCCCN3CCCCC3)c1)nc(Nc1ccc(Br)c(C)c1)n2C. The molecular formula is C30H35BrN6O3. The molecular weight excluding hydrogens is 572 g/mol. The van der Waals surface area contributed by atoms with E-state index in [4.69, 9.17) is 14.5 Å². The van der Waals surface area contributed by atoms with Crippen LogP contribution in [0.4, 0.5) is 11.6 Å². The van der Waals surface area contributed by atoms with E-state index in [2.05, 4.69) is 42.5 Å². The first-order valence-electron chi connectivity index (χ1n) is 13.6. The first-order chi connectivity index (χ1) is 19.4. The Morgan fingerprint density at radius 1 is 1.07 bits per heavy atom. The fourth-order valence-electron chi connectivity index (χ4n) is 4.91. The van der Waals surface area contributed by atoms with Crippen molar-refractivity contribution in [3.05, 3.63) is 64.4 Å². The van der Waals surface area contributed by atoms with E-state index in [1.54, 1.807) is 25.4 Å². The van der Waals surface area contributed by atoms with Gasteiger partial charge >= 0.3 is 0 Å². The molecule has 0 aliphatic carbocycles. The van der Waals surface area contributed by atoms with E-state index in [-0.39, 0.29) is 5.91 Å². The minimum atomic E-state index is -0.213. The maximum Gasteiger partial charge on any atom is 0.270 e. The summed E-state index contributed by atoms with van der Waals surface area (Å²) in [5, 5.41) is 6.37. The normalized spacial score (nSPS) is 13.8. The molecule has 1 aliphatic rings. The number of piperidine rings is 1. The molecule has 2 aromatic heterocycles. The molecule has 5 rings (SSSR count). The molecule has 2 aromatic carbocycles. The Kier molecular flexibility index (Phi) is 8.86. The van der Waals surface area contributed by atoms with E-state index >= 15 is 0 Å². The van der Waals surface area contributed by atoms with Gasteiger partial charge in [-0.05, 0) is 75.6 Å². The van der Waals surface area contributed by atoms with Gasteiger partial charge in [0.1, 0.15) is 11.4 Å². The molecule has 1 fully saturated rings. The molecule has 210 valence electrons. The van der Waals surface area contributed by atoms with Gasteiger partial charge in [0.25, 0.3) is 5.91 Å². The van der Waals surface area contributed by atoms with Gasteiger partial charge in [0.05, 0.1) is 18.1 Å². The second-order valence-corrected chi connectivity index (χ2v) is 10.9. The number of aryl methyl sites for hydroxylation is 2. The van der Waals surface area contributed by atoms with E-state index < -0.39 is 0 Å². The molecule has 0 bridgehead atoms. The predicted octanol–water partition coefficient (Wildman–Crippen LogP) is 6.19. The van der Waals surface area contributed by atoms with Crippen LogP contribution in [-0.2, 0) is 7.05 Å². The van der Waals surface area contributed by atoms with E-state index in [9.17, 15) is 4.79 Å². The van der Waals surface area contributed by atoms with Crippen molar-refractivity contribution in [2.24, 2.45) is 7.05 Å². The van der Waals surface area contributed by atoms with Crippen molar-refractivity contribution in [2.75, 3.05) is 38.6 Å². The maximum absolute atomic E-state index is 12.7. The maximum atomic E-state index is 12.7. The van der Waals surface area contributed by atoms with Crippen molar-refractivity contribution < 1.29 is 14.3 Å². The topological polar surface area (TPSA) is 93.5 Å². The van der Waals surface area contributed by atoms with Gasteiger partial charge in [-0.2, -0.15) is 0 Å². The number of halogens is 1. The summed E-state index contributed by atoms with van der Waals surface area (Å²) in [5.74, 6) is 2.03. The summed E-state index contributed by atoms with van der Waals surface area (Å²) in [6, 6.07) is 13.2. The Balaban J connectivity index is 1.27. The molecule has 1 amide bonds. The molecule has 1 aliphatic heterocycles. The second kappa shape index (κ2) is 12.7. The van der Waals surface area contributed by atoms with Gasteiger partial charge in [0.15, 0.2) is 11.5 Å². The van der Waals surface area contributed by atoms with Crippen LogP contribution in [0.15, 0.2) is 53.1 Å². The zero-order valence-corrected chi connectivity index (χ0v) is 24.8. The highest BCUT2D eigenvalue weighted by Gasteiger charge is 2.16. The zero-order valence-electron chi connectivity index (χ0n) is 23.2. The number of carbonyl (C=O) groups excluding carboxylic acids is 1. The van der Waals surface area contributed by atoms with Crippen LogP contribution in [-0.4, -0.2) is 58.6 Å². The molecule has 3 heterocycles. The van der Waals surface area contributed by atoms with E-state index in [0.29, 0.717) is 35.4 Å².